The lowest BCUT2D eigenvalue weighted by atomic mass is 10.2. The van der Waals surface area contributed by atoms with E-state index in [1.807, 2.05) is 0 Å². The van der Waals surface area contributed by atoms with Crippen molar-refractivity contribution in [2.45, 2.75) is 19.0 Å². The van der Waals surface area contributed by atoms with E-state index in [-0.39, 0.29) is 17.6 Å². The summed E-state index contributed by atoms with van der Waals surface area (Å²) in [4.78, 5) is 23.2. The Morgan fingerprint density at radius 1 is 1.41 bits per heavy atom. The zero-order valence-corrected chi connectivity index (χ0v) is 9.20. The largest absolute Gasteiger partial charge is 0.337 e. The molecule has 6 heteroatoms. The van der Waals surface area contributed by atoms with Crippen LogP contribution in [0.3, 0.4) is 0 Å². The van der Waals surface area contributed by atoms with Crippen molar-refractivity contribution in [3.05, 3.63) is 39.9 Å². The summed E-state index contributed by atoms with van der Waals surface area (Å²) in [5, 5.41) is 10.5. The first-order chi connectivity index (χ1) is 8.06. The zero-order chi connectivity index (χ0) is 12.4. The van der Waals surface area contributed by atoms with Gasteiger partial charge >= 0.3 is 0 Å². The van der Waals surface area contributed by atoms with Gasteiger partial charge in [-0.15, -0.1) is 0 Å². The van der Waals surface area contributed by atoms with Crippen LogP contribution in [0.25, 0.3) is 0 Å². The van der Waals surface area contributed by atoms with Crippen LogP contribution in [0.4, 0.5) is 5.69 Å². The van der Waals surface area contributed by atoms with Gasteiger partial charge in [0, 0.05) is 37.7 Å². The fourth-order valence-electron chi connectivity index (χ4n) is 1.90. The third-order valence-corrected chi connectivity index (χ3v) is 2.77. The summed E-state index contributed by atoms with van der Waals surface area (Å²) in [6.07, 6.45) is 0.382. The van der Waals surface area contributed by atoms with Crippen molar-refractivity contribution in [1.82, 2.24) is 4.90 Å². The van der Waals surface area contributed by atoms with E-state index in [4.69, 9.17) is 5.73 Å². The molecule has 1 aromatic carbocycles. The molecule has 1 atom stereocenters. The molecular weight excluding hydrogens is 222 g/mol. The van der Waals surface area contributed by atoms with E-state index in [9.17, 15) is 14.9 Å². The summed E-state index contributed by atoms with van der Waals surface area (Å²) in [6, 6.07) is 6.11. The molecule has 0 radical (unpaired) electrons. The smallest absolute Gasteiger partial charge is 0.269 e. The number of likely N-dealkylation sites (tertiary alicyclic amines) is 1. The van der Waals surface area contributed by atoms with E-state index in [1.165, 1.54) is 12.1 Å². The third-order valence-electron chi connectivity index (χ3n) is 2.77. The molecule has 6 nitrogen and oxygen atoms in total. The Hall–Kier alpha value is -1.95. The van der Waals surface area contributed by atoms with Crippen molar-refractivity contribution in [3.8, 4) is 0 Å². The number of nitrogens with two attached hydrogens (primary N) is 1. The van der Waals surface area contributed by atoms with Gasteiger partial charge in [-0.1, -0.05) is 12.1 Å². The molecule has 1 unspecified atom stereocenters. The number of carbonyl (C=O) groups is 1. The van der Waals surface area contributed by atoms with Gasteiger partial charge < -0.3 is 10.6 Å². The van der Waals surface area contributed by atoms with E-state index < -0.39 is 4.92 Å². The van der Waals surface area contributed by atoms with Crippen molar-refractivity contribution in [2.24, 2.45) is 5.73 Å². The molecule has 2 N–H and O–H groups in total. The second-order valence-corrected chi connectivity index (χ2v) is 4.16. The molecule has 17 heavy (non-hydrogen) atoms. The van der Waals surface area contributed by atoms with Crippen LogP contribution in [0.2, 0.25) is 0 Å². The Kier molecular flexibility index (Phi) is 3.06. The number of rotatable bonds is 3. The number of hydrogen-bond acceptors (Lipinski definition) is 4. The molecule has 0 saturated carbocycles. The summed E-state index contributed by atoms with van der Waals surface area (Å²) in [5.74, 6) is 0.0378. The molecule has 1 amide bonds. The lowest BCUT2D eigenvalue weighted by Crippen LogP contribution is -2.27. The average molecular weight is 235 g/mol. The first kappa shape index (κ1) is 11.5. The zero-order valence-electron chi connectivity index (χ0n) is 9.20. The Bertz CT molecular complexity index is 444. The van der Waals surface area contributed by atoms with Crippen molar-refractivity contribution in [2.75, 3.05) is 6.54 Å². The standard InChI is InChI=1S/C11H13N3O3/c12-9-5-11(15)13(7-9)6-8-1-3-10(4-2-8)14(16)17/h1-4,9H,5-7,12H2. The van der Waals surface area contributed by atoms with Crippen LogP contribution in [-0.4, -0.2) is 28.3 Å². The summed E-state index contributed by atoms with van der Waals surface area (Å²) >= 11 is 0. The van der Waals surface area contributed by atoms with Gasteiger partial charge in [0.25, 0.3) is 5.69 Å². The Balaban J connectivity index is 2.04. The van der Waals surface area contributed by atoms with Crippen molar-refractivity contribution < 1.29 is 9.72 Å². The van der Waals surface area contributed by atoms with Gasteiger partial charge in [0.2, 0.25) is 5.91 Å². The minimum absolute atomic E-state index is 0.0378. The highest BCUT2D eigenvalue weighted by Gasteiger charge is 2.26. The van der Waals surface area contributed by atoms with Crippen LogP contribution in [0, 0.1) is 10.1 Å². The van der Waals surface area contributed by atoms with Crippen molar-refractivity contribution in [3.63, 3.8) is 0 Å². The van der Waals surface area contributed by atoms with Crippen LogP contribution >= 0.6 is 0 Å². The number of carbonyl (C=O) groups excluding carboxylic acids is 1. The second-order valence-electron chi connectivity index (χ2n) is 4.16. The summed E-state index contributed by atoms with van der Waals surface area (Å²) in [7, 11) is 0. The quantitative estimate of drug-likeness (QED) is 0.615. The monoisotopic (exact) mass is 235 g/mol. The van der Waals surface area contributed by atoms with Gasteiger partial charge in [-0.2, -0.15) is 0 Å². The van der Waals surface area contributed by atoms with E-state index in [0.717, 1.165) is 5.56 Å². The first-order valence-corrected chi connectivity index (χ1v) is 5.33. The number of nitro groups is 1. The molecule has 0 bridgehead atoms. The average Bonchev–Trinajstić information content (AvgIpc) is 2.58. The topological polar surface area (TPSA) is 89.5 Å². The SMILES string of the molecule is NC1CC(=O)N(Cc2ccc([N+](=O)[O-])cc2)C1. The number of non-ortho nitro benzene ring substituents is 1. The summed E-state index contributed by atoms with van der Waals surface area (Å²) in [6.45, 7) is 1.01. The Morgan fingerprint density at radius 3 is 2.53 bits per heavy atom. The van der Waals surface area contributed by atoms with Gasteiger partial charge in [0.1, 0.15) is 0 Å². The predicted molar refractivity (Wildman–Crippen MR) is 61.1 cm³/mol. The van der Waals surface area contributed by atoms with Crippen LogP contribution in [-0.2, 0) is 11.3 Å². The maximum absolute atomic E-state index is 11.5. The highest BCUT2D eigenvalue weighted by atomic mass is 16.6. The molecule has 1 heterocycles. The minimum Gasteiger partial charge on any atom is -0.337 e. The predicted octanol–water partition coefficient (Wildman–Crippen LogP) is 0.654. The fraction of sp³-hybridized carbons (Fsp3) is 0.364. The Labute approximate surface area is 98.2 Å². The number of nitro benzene ring substituents is 1. The second kappa shape index (κ2) is 4.50. The third kappa shape index (κ3) is 2.59. The number of hydrogen-bond donors (Lipinski definition) is 1. The molecule has 1 aliphatic heterocycles. The van der Waals surface area contributed by atoms with E-state index in [1.54, 1.807) is 17.0 Å². The van der Waals surface area contributed by atoms with Crippen LogP contribution in [0.15, 0.2) is 24.3 Å². The van der Waals surface area contributed by atoms with Crippen molar-refractivity contribution >= 4 is 11.6 Å². The van der Waals surface area contributed by atoms with Gasteiger partial charge in [0.15, 0.2) is 0 Å². The van der Waals surface area contributed by atoms with Gasteiger partial charge in [-0.3, -0.25) is 14.9 Å². The first-order valence-electron chi connectivity index (χ1n) is 5.33. The lowest BCUT2D eigenvalue weighted by Gasteiger charge is -2.15. The summed E-state index contributed by atoms with van der Waals surface area (Å²) < 4.78 is 0. The lowest BCUT2D eigenvalue weighted by molar-refractivity contribution is -0.384. The maximum atomic E-state index is 11.5. The highest BCUT2D eigenvalue weighted by molar-refractivity contribution is 5.79. The molecule has 1 fully saturated rings. The number of amides is 1. The molecule has 1 aliphatic rings. The summed E-state index contributed by atoms with van der Waals surface area (Å²) in [5.41, 5.74) is 6.61. The van der Waals surface area contributed by atoms with Crippen LogP contribution < -0.4 is 5.73 Å². The molecule has 0 aliphatic carbocycles. The Morgan fingerprint density at radius 2 is 2.06 bits per heavy atom. The normalized spacial score (nSPS) is 19.7. The van der Waals surface area contributed by atoms with E-state index in [0.29, 0.717) is 19.5 Å². The van der Waals surface area contributed by atoms with Crippen molar-refractivity contribution in [1.29, 1.82) is 0 Å². The molecule has 2 rings (SSSR count). The van der Waals surface area contributed by atoms with Gasteiger partial charge in [-0.25, -0.2) is 0 Å². The van der Waals surface area contributed by atoms with Gasteiger partial charge in [-0.05, 0) is 5.56 Å². The van der Waals surface area contributed by atoms with Crippen LogP contribution in [0.1, 0.15) is 12.0 Å². The molecule has 90 valence electrons. The van der Waals surface area contributed by atoms with E-state index >= 15 is 0 Å². The van der Waals surface area contributed by atoms with Crippen LogP contribution in [0.5, 0.6) is 0 Å². The maximum Gasteiger partial charge on any atom is 0.269 e. The molecule has 0 spiro atoms. The fourth-order valence-corrected chi connectivity index (χ4v) is 1.90. The highest BCUT2D eigenvalue weighted by Crippen LogP contribution is 2.16. The molecule has 1 saturated heterocycles. The number of nitrogens with zero attached hydrogens (tertiary/aromatic N) is 2. The minimum atomic E-state index is -0.444. The van der Waals surface area contributed by atoms with Gasteiger partial charge in [0.05, 0.1) is 4.92 Å². The number of benzene rings is 1. The molecule has 0 aromatic heterocycles. The molecule has 1 aromatic rings. The van der Waals surface area contributed by atoms with E-state index in [2.05, 4.69) is 0 Å². The molecular formula is C11H13N3O3.